The summed E-state index contributed by atoms with van der Waals surface area (Å²) in [4.78, 5) is 0. The van der Waals surface area contributed by atoms with Crippen LogP contribution in [0.25, 0.3) is 0 Å². The molecular formula is C14H18N4O2S. The van der Waals surface area contributed by atoms with E-state index < -0.39 is 15.6 Å². The summed E-state index contributed by atoms with van der Waals surface area (Å²) in [7, 11) is -3.90. The number of aromatic nitrogens is 3. The minimum atomic E-state index is -3.90. The molecular weight excluding hydrogens is 288 g/mol. The van der Waals surface area contributed by atoms with Gasteiger partial charge in [0, 0.05) is 11.5 Å². The maximum Gasteiger partial charge on any atom is 0.273 e. The molecule has 3 rings (SSSR count). The Kier molecular flexibility index (Phi) is 2.97. The predicted molar refractivity (Wildman–Crippen MR) is 78.4 cm³/mol. The van der Waals surface area contributed by atoms with E-state index in [1.165, 1.54) is 11.1 Å². The van der Waals surface area contributed by atoms with Crippen molar-refractivity contribution < 1.29 is 8.42 Å². The number of primary sulfonamides is 1. The van der Waals surface area contributed by atoms with Crippen molar-refractivity contribution in [3.63, 3.8) is 0 Å². The summed E-state index contributed by atoms with van der Waals surface area (Å²) in [6.07, 6.45) is 0.842. The third-order valence-corrected chi connectivity index (χ3v) is 4.52. The quantitative estimate of drug-likeness (QED) is 0.907. The molecule has 21 heavy (non-hydrogen) atoms. The molecule has 0 amide bonds. The highest BCUT2D eigenvalue weighted by Crippen LogP contribution is 2.40. The molecule has 1 unspecified atom stereocenters. The zero-order valence-electron chi connectivity index (χ0n) is 12.2. The van der Waals surface area contributed by atoms with Gasteiger partial charge in [-0.2, -0.15) is 0 Å². The van der Waals surface area contributed by atoms with Crippen molar-refractivity contribution in [2.24, 2.45) is 5.14 Å². The van der Waals surface area contributed by atoms with Crippen LogP contribution in [0, 0.1) is 0 Å². The van der Waals surface area contributed by atoms with Gasteiger partial charge in [-0.25, -0.2) is 13.6 Å². The molecule has 0 fully saturated rings. The molecule has 0 aliphatic heterocycles. The topological polar surface area (TPSA) is 90.9 Å². The monoisotopic (exact) mass is 306 g/mol. The smallest absolute Gasteiger partial charge is 0.273 e. The first-order chi connectivity index (χ1) is 9.69. The van der Waals surface area contributed by atoms with E-state index in [0.29, 0.717) is 5.82 Å². The van der Waals surface area contributed by atoms with Crippen LogP contribution < -0.4 is 5.14 Å². The number of benzene rings is 1. The standard InChI is InChI=1S/C14H18N4O2S/c1-14(2,3)18-12(16-17-13(18)21(15,19)20)11-8-9-6-4-5-7-10(9)11/h4-7,11H,8H2,1-3H3,(H2,15,19,20). The van der Waals surface area contributed by atoms with E-state index in [0.717, 1.165) is 6.42 Å². The van der Waals surface area contributed by atoms with Crippen molar-refractivity contribution >= 4 is 10.0 Å². The molecule has 1 atom stereocenters. The van der Waals surface area contributed by atoms with Gasteiger partial charge in [-0.1, -0.05) is 24.3 Å². The number of rotatable bonds is 2. The van der Waals surface area contributed by atoms with Crippen LogP contribution in [0.1, 0.15) is 43.6 Å². The maximum absolute atomic E-state index is 11.7. The van der Waals surface area contributed by atoms with Gasteiger partial charge in [0.25, 0.3) is 15.2 Å². The first-order valence-electron chi connectivity index (χ1n) is 6.76. The van der Waals surface area contributed by atoms with Crippen molar-refractivity contribution in [2.45, 2.75) is 43.8 Å². The molecule has 1 heterocycles. The lowest BCUT2D eigenvalue weighted by Gasteiger charge is -2.33. The zero-order chi connectivity index (χ0) is 15.4. The summed E-state index contributed by atoms with van der Waals surface area (Å²) in [5.74, 6) is 0.730. The number of nitrogens with zero attached hydrogens (tertiary/aromatic N) is 3. The van der Waals surface area contributed by atoms with Crippen LogP contribution >= 0.6 is 0 Å². The fraction of sp³-hybridized carbons (Fsp3) is 0.429. The van der Waals surface area contributed by atoms with E-state index in [4.69, 9.17) is 5.14 Å². The first kappa shape index (κ1) is 14.2. The Bertz CT molecular complexity index is 803. The molecule has 0 bridgehead atoms. The predicted octanol–water partition coefficient (Wildman–Crippen LogP) is 1.37. The van der Waals surface area contributed by atoms with Gasteiger partial charge in [0.05, 0.1) is 0 Å². The van der Waals surface area contributed by atoms with E-state index in [1.807, 2.05) is 39.0 Å². The van der Waals surface area contributed by atoms with Crippen LogP contribution in [0.2, 0.25) is 0 Å². The zero-order valence-corrected chi connectivity index (χ0v) is 13.1. The third kappa shape index (κ3) is 2.26. The summed E-state index contributed by atoms with van der Waals surface area (Å²) in [5, 5.41) is 13.1. The van der Waals surface area contributed by atoms with Crippen LogP contribution in [0.15, 0.2) is 29.4 Å². The molecule has 0 saturated heterocycles. The van der Waals surface area contributed by atoms with Crippen molar-refractivity contribution in [3.05, 3.63) is 41.2 Å². The van der Waals surface area contributed by atoms with Crippen LogP contribution in [0.4, 0.5) is 0 Å². The van der Waals surface area contributed by atoms with Crippen molar-refractivity contribution in [3.8, 4) is 0 Å². The molecule has 1 aromatic heterocycles. The molecule has 0 radical (unpaired) electrons. The van der Waals surface area contributed by atoms with E-state index in [1.54, 1.807) is 4.57 Å². The van der Waals surface area contributed by atoms with Crippen LogP contribution in [-0.4, -0.2) is 23.2 Å². The molecule has 2 aromatic rings. The van der Waals surface area contributed by atoms with Crippen molar-refractivity contribution in [1.82, 2.24) is 14.8 Å². The van der Waals surface area contributed by atoms with E-state index in [9.17, 15) is 8.42 Å². The van der Waals surface area contributed by atoms with E-state index in [2.05, 4.69) is 16.3 Å². The molecule has 1 aliphatic carbocycles. The summed E-state index contributed by atoms with van der Waals surface area (Å²) in [6, 6.07) is 8.09. The van der Waals surface area contributed by atoms with Gasteiger partial charge in [-0.3, -0.25) is 4.57 Å². The number of fused-ring (bicyclic) bond motifs is 1. The number of sulfonamides is 1. The van der Waals surface area contributed by atoms with Gasteiger partial charge in [0.2, 0.25) is 0 Å². The fourth-order valence-corrected chi connectivity index (χ4v) is 3.59. The Morgan fingerprint density at radius 1 is 1.24 bits per heavy atom. The lowest BCUT2D eigenvalue weighted by atomic mass is 9.77. The van der Waals surface area contributed by atoms with Gasteiger partial charge < -0.3 is 0 Å². The second-order valence-electron chi connectivity index (χ2n) is 6.35. The number of hydrogen-bond acceptors (Lipinski definition) is 4. The summed E-state index contributed by atoms with van der Waals surface area (Å²) in [6.45, 7) is 5.75. The molecule has 1 aliphatic rings. The summed E-state index contributed by atoms with van der Waals surface area (Å²) < 4.78 is 25.1. The Labute approximate surface area is 124 Å². The Morgan fingerprint density at radius 2 is 1.90 bits per heavy atom. The highest BCUT2D eigenvalue weighted by molar-refractivity contribution is 7.89. The Hall–Kier alpha value is -1.73. The largest absolute Gasteiger partial charge is 0.295 e. The summed E-state index contributed by atoms with van der Waals surface area (Å²) in [5.41, 5.74) is 1.98. The number of nitrogens with two attached hydrogens (primary N) is 1. The second kappa shape index (κ2) is 4.38. The highest BCUT2D eigenvalue weighted by atomic mass is 32.2. The van der Waals surface area contributed by atoms with Crippen LogP contribution in [-0.2, 0) is 22.0 Å². The van der Waals surface area contributed by atoms with Crippen molar-refractivity contribution in [1.29, 1.82) is 0 Å². The molecule has 2 N–H and O–H groups in total. The third-order valence-electron chi connectivity index (χ3n) is 3.75. The van der Waals surface area contributed by atoms with Gasteiger partial charge in [0.15, 0.2) is 0 Å². The van der Waals surface area contributed by atoms with E-state index in [-0.39, 0.29) is 11.1 Å². The second-order valence-corrected chi connectivity index (χ2v) is 7.80. The minimum absolute atomic E-state index is 0.0726. The van der Waals surface area contributed by atoms with E-state index >= 15 is 0 Å². The minimum Gasteiger partial charge on any atom is -0.295 e. The SMILES string of the molecule is CC(C)(C)n1c(C2Cc3ccccc32)nnc1S(N)(=O)=O. The molecule has 7 heteroatoms. The molecule has 6 nitrogen and oxygen atoms in total. The molecule has 0 spiro atoms. The van der Waals surface area contributed by atoms with Gasteiger partial charge in [0.1, 0.15) is 5.82 Å². The average Bonchev–Trinajstić information content (AvgIpc) is 2.74. The first-order valence-corrected chi connectivity index (χ1v) is 8.30. The van der Waals surface area contributed by atoms with Crippen LogP contribution in [0.5, 0.6) is 0 Å². The normalized spacial score (nSPS) is 18.2. The summed E-state index contributed by atoms with van der Waals surface area (Å²) >= 11 is 0. The lowest BCUT2D eigenvalue weighted by Crippen LogP contribution is -2.33. The maximum atomic E-state index is 11.7. The lowest BCUT2D eigenvalue weighted by molar-refractivity contribution is 0.342. The fourth-order valence-electron chi connectivity index (χ4n) is 2.81. The van der Waals surface area contributed by atoms with Crippen LogP contribution in [0.3, 0.4) is 0 Å². The van der Waals surface area contributed by atoms with Gasteiger partial charge >= 0.3 is 0 Å². The average molecular weight is 306 g/mol. The molecule has 112 valence electrons. The van der Waals surface area contributed by atoms with Gasteiger partial charge in [-0.15, -0.1) is 10.2 Å². The van der Waals surface area contributed by atoms with Gasteiger partial charge in [-0.05, 0) is 38.3 Å². The molecule has 0 saturated carbocycles. The Balaban J connectivity index is 2.16. The highest BCUT2D eigenvalue weighted by Gasteiger charge is 2.37. The molecule has 1 aromatic carbocycles. The Morgan fingerprint density at radius 3 is 2.48 bits per heavy atom. The number of hydrogen-bond donors (Lipinski definition) is 1. The van der Waals surface area contributed by atoms with Crippen molar-refractivity contribution in [2.75, 3.05) is 0 Å².